The van der Waals surface area contributed by atoms with Crippen LogP contribution in [0.3, 0.4) is 0 Å². The van der Waals surface area contributed by atoms with Crippen LogP contribution in [0.4, 0.5) is 0 Å². The summed E-state index contributed by atoms with van der Waals surface area (Å²) in [5, 5.41) is 9.53. The third-order valence-electron chi connectivity index (χ3n) is 4.26. The molecular formula is C16H24N2O2. The molecule has 110 valence electrons. The number of carbonyl (C=O) groups is 1. The van der Waals surface area contributed by atoms with Gasteiger partial charge in [-0.2, -0.15) is 0 Å². The number of rotatable bonds is 3. The first-order valence-corrected chi connectivity index (χ1v) is 7.36. The van der Waals surface area contributed by atoms with Crippen molar-refractivity contribution in [2.24, 2.45) is 0 Å². The Balaban J connectivity index is 1.99. The second-order valence-electron chi connectivity index (χ2n) is 5.59. The van der Waals surface area contributed by atoms with Crippen LogP contribution in [-0.2, 0) is 0 Å². The Morgan fingerprint density at radius 3 is 2.50 bits per heavy atom. The maximum Gasteiger partial charge on any atom is 0.253 e. The second-order valence-corrected chi connectivity index (χ2v) is 5.59. The number of phenolic OH excluding ortho intramolecular Hbond substituents is 1. The Labute approximate surface area is 121 Å². The van der Waals surface area contributed by atoms with Gasteiger partial charge in [0.25, 0.3) is 5.91 Å². The van der Waals surface area contributed by atoms with Crippen molar-refractivity contribution in [2.75, 3.05) is 26.2 Å². The molecule has 0 aliphatic carbocycles. The predicted molar refractivity (Wildman–Crippen MR) is 80.1 cm³/mol. The van der Waals surface area contributed by atoms with Gasteiger partial charge in [-0.3, -0.25) is 9.69 Å². The standard InChI is InChI=1S/C16H24N2O2/c1-4-13(3)17-7-9-18(10-8-17)16(20)14-5-6-15(19)12(2)11-14/h5-6,11,13,19H,4,7-10H2,1-3H3. The van der Waals surface area contributed by atoms with E-state index in [1.54, 1.807) is 18.2 Å². The highest BCUT2D eigenvalue weighted by molar-refractivity contribution is 5.94. The lowest BCUT2D eigenvalue weighted by Gasteiger charge is -2.37. The maximum absolute atomic E-state index is 12.4. The van der Waals surface area contributed by atoms with Gasteiger partial charge in [0.05, 0.1) is 0 Å². The van der Waals surface area contributed by atoms with Crippen molar-refractivity contribution in [3.63, 3.8) is 0 Å². The summed E-state index contributed by atoms with van der Waals surface area (Å²) in [7, 11) is 0. The lowest BCUT2D eigenvalue weighted by molar-refractivity contribution is 0.0579. The van der Waals surface area contributed by atoms with Crippen LogP contribution in [0.5, 0.6) is 5.75 Å². The van der Waals surface area contributed by atoms with Gasteiger partial charge in [0.1, 0.15) is 5.75 Å². The molecule has 1 aliphatic rings. The van der Waals surface area contributed by atoms with Crippen molar-refractivity contribution >= 4 is 5.91 Å². The van der Waals surface area contributed by atoms with E-state index in [1.807, 2.05) is 11.8 Å². The van der Waals surface area contributed by atoms with Crippen molar-refractivity contribution in [3.8, 4) is 5.75 Å². The molecule has 2 rings (SSSR count). The van der Waals surface area contributed by atoms with Crippen LogP contribution in [0.2, 0.25) is 0 Å². The number of aromatic hydroxyl groups is 1. The highest BCUT2D eigenvalue weighted by atomic mass is 16.3. The van der Waals surface area contributed by atoms with E-state index < -0.39 is 0 Å². The Kier molecular flexibility index (Phi) is 4.65. The number of amides is 1. The fourth-order valence-electron chi connectivity index (χ4n) is 2.60. The number of nitrogens with zero attached hydrogens (tertiary/aromatic N) is 2. The van der Waals surface area contributed by atoms with Gasteiger partial charge in [-0.15, -0.1) is 0 Å². The number of benzene rings is 1. The lowest BCUT2D eigenvalue weighted by atomic mass is 10.1. The van der Waals surface area contributed by atoms with Crippen molar-refractivity contribution in [1.82, 2.24) is 9.80 Å². The lowest BCUT2D eigenvalue weighted by Crippen LogP contribution is -2.51. The molecule has 1 heterocycles. The molecule has 1 aromatic carbocycles. The van der Waals surface area contributed by atoms with Crippen molar-refractivity contribution < 1.29 is 9.90 Å². The van der Waals surface area contributed by atoms with E-state index >= 15 is 0 Å². The number of aryl methyl sites for hydroxylation is 1. The number of phenols is 1. The van der Waals surface area contributed by atoms with Gasteiger partial charge in [-0.25, -0.2) is 0 Å². The van der Waals surface area contributed by atoms with Crippen LogP contribution in [0.1, 0.15) is 36.2 Å². The molecular weight excluding hydrogens is 252 g/mol. The summed E-state index contributed by atoms with van der Waals surface area (Å²) in [6, 6.07) is 5.64. The second kappa shape index (κ2) is 6.27. The first kappa shape index (κ1) is 14.9. The molecule has 20 heavy (non-hydrogen) atoms. The number of carbonyl (C=O) groups excluding carboxylic acids is 1. The number of hydrogen-bond donors (Lipinski definition) is 1. The normalized spacial score (nSPS) is 18.1. The van der Waals surface area contributed by atoms with E-state index in [0.29, 0.717) is 11.6 Å². The molecule has 1 aliphatic heterocycles. The summed E-state index contributed by atoms with van der Waals surface area (Å²) >= 11 is 0. The molecule has 1 unspecified atom stereocenters. The van der Waals surface area contributed by atoms with Crippen LogP contribution in [0, 0.1) is 6.92 Å². The topological polar surface area (TPSA) is 43.8 Å². The van der Waals surface area contributed by atoms with Gasteiger partial charge in [-0.05, 0) is 44.0 Å². The first-order valence-electron chi connectivity index (χ1n) is 7.36. The minimum atomic E-state index is 0.0666. The fourth-order valence-corrected chi connectivity index (χ4v) is 2.60. The number of hydrogen-bond acceptors (Lipinski definition) is 3. The molecule has 0 radical (unpaired) electrons. The van der Waals surface area contributed by atoms with E-state index in [0.717, 1.165) is 38.2 Å². The highest BCUT2D eigenvalue weighted by Gasteiger charge is 2.24. The largest absolute Gasteiger partial charge is 0.508 e. The van der Waals surface area contributed by atoms with Crippen molar-refractivity contribution in [3.05, 3.63) is 29.3 Å². The quantitative estimate of drug-likeness (QED) is 0.921. The van der Waals surface area contributed by atoms with E-state index in [1.165, 1.54) is 0 Å². The number of piperazine rings is 1. The molecule has 1 fully saturated rings. The zero-order chi connectivity index (χ0) is 14.7. The fraction of sp³-hybridized carbons (Fsp3) is 0.562. The van der Waals surface area contributed by atoms with E-state index in [-0.39, 0.29) is 11.7 Å². The average molecular weight is 276 g/mol. The molecule has 1 aromatic rings. The molecule has 1 amide bonds. The van der Waals surface area contributed by atoms with Gasteiger partial charge in [0.2, 0.25) is 0 Å². The smallest absolute Gasteiger partial charge is 0.253 e. The molecule has 0 bridgehead atoms. The predicted octanol–water partition coefficient (Wildman–Crippen LogP) is 2.26. The zero-order valence-corrected chi connectivity index (χ0v) is 12.6. The SMILES string of the molecule is CCC(C)N1CCN(C(=O)c2ccc(O)c(C)c2)CC1. The molecule has 4 heteroatoms. The first-order chi connectivity index (χ1) is 9.52. The molecule has 1 saturated heterocycles. The maximum atomic E-state index is 12.4. The monoisotopic (exact) mass is 276 g/mol. The van der Waals surface area contributed by atoms with Crippen LogP contribution < -0.4 is 0 Å². The molecule has 0 saturated carbocycles. The Hall–Kier alpha value is -1.55. The van der Waals surface area contributed by atoms with E-state index in [9.17, 15) is 9.90 Å². The van der Waals surface area contributed by atoms with E-state index in [2.05, 4.69) is 18.7 Å². The molecule has 1 atom stereocenters. The van der Waals surface area contributed by atoms with E-state index in [4.69, 9.17) is 0 Å². The van der Waals surface area contributed by atoms with Gasteiger partial charge >= 0.3 is 0 Å². The highest BCUT2D eigenvalue weighted by Crippen LogP contribution is 2.19. The third kappa shape index (κ3) is 3.12. The molecule has 4 nitrogen and oxygen atoms in total. The Morgan fingerprint density at radius 1 is 1.30 bits per heavy atom. The van der Waals surface area contributed by atoms with Gasteiger partial charge < -0.3 is 10.0 Å². The summed E-state index contributed by atoms with van der Waals surface area (Å²) in [5.41, 5.74) is 1.41. The van der Waals surface area contributed by atoms with Crippen LogP contribution in [0.25, 0.3) is 0 Å². The summed E-state index contributed by atoms with van der Waals surface area (Å²) < 4.78 is 0. The van der Waals surface area contributed by atoms with Crippen molar-refractivity contribution in [2.45, 2.75) is 33.2 Å². The van der Waals surface area contributed by atoms with Gasteiger partial charge in [0, 0.05) is 37.8 Å². The Bertz CT molecular complexity index is 479. The van der Waals surface area contributed by atoms with Gasteiger partial charge in [0.15, 0.2) is 0 Å². The molecule has 1 N–H and O–H groups in total. The summed E-state index contributed by atoms with van der Waals surface area (Å²) in [6.45, 7) is 9.69. The Morgan fingerprint density at radius 2 is 1.95 bits per heavy atom. The van der Waals surface area contributed by atoms with Crippen LogP contribution in [0.15, 0.2) is 18.2 Å². The van der Waals surface area contributed by atoms with Crippen LogP contribution in [-0.4, -0.2) is 53.0 Å². The third-order valence-corrected chi connectivity index (χ3v) is 4.26. The minimum Gasteiger partial charge on any atom is -0.508 e. The van der Waals surface area contributed by atoms with Crippen molar-refractivity contribution in [1.29, 1.82) is 0 Å². The summed E-state index contributed by atoms with van der Waals surface area (Å²) in [5.74, 6) is 0.306. The summed E-state index contributed by atoms with van der Waals surface area (Å²) in [6.07, 6.45) is 1.14. The summed E-state index contributed by atoms with van der Waals surface area (Å²) in [4.78, 5) is 16.8. The molecule has 0 aromatic heterocycles. The zero-order valence-electron chi connectivity index (χ0n) is 12.6. The molecule has 0 spiro atoms. The minimum absolute atomic E-state index is 0.0666. The average Bonchev–Trinajstić information content (AvgIpc) is 2.48. The van der Waals surface area contributed by atoms with Gasteiger partial charge in [-0.1, -0.05) is 6.92 Å². The van der Waals surface area contributed by atoms with Crippen LogP contribution >= 0.6 is 0 Å².